The summed E-state index contributed by atoms with van der Waals surface area (Å²) in [6, 6.07) is 28.1. The molecule has 5 heteroatoms. The average molecular weight is 489 g/mol. The van der Waals surface area contributed by atoms with E-state index in [1.54, 1.807) is 12.4 Å². The van der Waals surface area contributed by atoms with Gasteiger partial charge in [-0.3, -0.25) is 4.98 Å². The lowest BCUT2D eigenvalue weighted by atomic mass is 9.98. The van der Waals surface area contributed by atoms with Gasteiger partial charge in [-0.05, 0) is 96.6 Å². The Morgan fingerprint density at radius 2 is 1.50 bits per heavy atom. The number of pyridine rings is 2. The molecule has 0 bridgehead atoms. The Morgan fingerprint density at radius 1 is 0.639 bits per heavy atom. The molecule has 0 radical (unpaired) electrons. The van der Waals surface area contributed by atoms with Crippen LogP contribution in [0.2, 0.25) is 0 Å². The summed E-state index contributed by atoms with van der Waals surface area (Å²) in [6.07, 6.45) is 3.46. The molecule has 3 aromatic carbocycles. The molecule has 4 nitrogen and oxygen atoms in total. The van der Waals surface area contributed by atoms with Gasteiger partial charge >= 0.3 is 0 Å². The van der Waals surface area contributed by atoms with Gasteiger partial charge in [-0.25, -0.2) is 4.98 Å². The van der Waals surface area contributed by atoms with Crippen molar-refractivity contribution in [3.63, 3.8) is 0 Å². The minimum atomic E-state index is -3.13. The highest BCUT2D eigenvalue weighted by Gasteiger charge is 2.41. The summed E-state index contributed by atoms with van der Waals surface area (Å²) in [6.45, 7) is 6.12. The predicted molar refractivity (Wildman–Crippen MR) is 147 cm³/mol. The van der Waals surface area contributed by atoms with Crippen LogP contribution in [0.25, 0.3) is 22.3 Å². The molecular formula is C31H25N2O2P. The predicted octanol–water partition coefficient (Wildman–Crippen LogP) is 6.48. The van der Waals surface area contributed by atoms with Crippen LogP contribution in [0.15, 0.2) is 97.3 Å². The first-order valence-corrected chi connectivity index (χ1v) is 13.6. The van der Waals surface area contributed by atoms with Crippen molar-refractivity contribution >= 4 is 23.2 Å². The third kappa shape index (κ3) is 3.75. The second-order valence-electron chi connectivity index (χ2n) is 9.36. The lowest BCUT2D eigenvalue weighted by Gasteiger charge is -2.16. The molecule has 0 amide bonds. The third-order valence-electron chi connectivity index (χ3n) is 6.59. The van der Waals surface area contributed by atoms with E-state index in [1.807, 2.05) is 68.4 Å². The molecule has 0 N–H and O–H groups in total. The van der Waals surface area contributed by atoms with E-state index >= 15 is 0 Å². The number of hydrogen-bond donors (Lipinski definition) is 0. The largest absolute Gasteiger partial charge is 0.439 e. The number of nitrogens with zero attached hydrogens (tertiary/aromatic N) is 2. The number of hydrogen-bond acceptors (Lipinski definition) is 4. The molecule has 0 fully saturated rings. The smallest absolute Gasteiger partial charge is 0.219 e. The van der Waals surface area contributed by atoms with Crippen molar-refractivity contribution in [3.05, 3.63) is 114 Å². The van der Waals surface area contributed by atoms with Crippen molar-refractivity contribution in [2.24, 2.45) is 0 Å². The van der Waals surface area contributed by atoms with E-state index < -0.39 is 7.14 Å². The van der Waals surface area contributed by atoms with Crippen LogP contribution in [-0.4, -0.2) is 9.97 Å². The van der Waals surface area contributed by atoms with Crippen molar-refractivity contribution in [2.45, 2.75) is 20.8 Å². The number of aromatic nitrogens is 2. The highest BCUT2D eigenvalue weighted by atomic mass is 31.2. The molecule has 0 aliphatic carbocycles. The van der Waals surface area contributed by atoms with Crippen molar-refractivity contribution in [2.75, 3.05) is 0 Å². The molecule has 6 rings (SSSR count). The normalized spacial score (nSPS) is 15.9. The summed E-state index contributed by atoms with van der Waals surface area (Å²) in [5, 5.41) is 1.70. The standard InChI is InChI=1S/C31H25N2O2P/c1-20-7-10-28-27(16-20)26-9-8-23(19-29(26)36(28,34)31-17-21(2)11-13-33-31)24-14-22(3)15-25(18-24)35-30-6-4-5-12-32-30/h4-19H,1-3H3. The second kappa shape index (κ2) is 8.58. The minimum Gasteiger partial charge on any atom is -0.439 e. The fraction of sp³-hybridized carbons (Fsp3) is 0.0968. The van der Waals surface area contributed by atoms with E-state index in [0.717, 1.165) is 49.6 Å². The lowest BCUT2D eigenvalue weighted by molar-refractivity contribution is 0.463. The zero-order valence-corrected chi connectivity index (χ0v) is 21.3. The maximum absolute atomic E-state index is 15.0. The van der Waals surface area contributed by atoms with Crippen LogP contribution in [0.5, 0.6) is 11.6 Å². The molecule has 0 spiro atoms. The highest BCUT2D eigenvalue weighted by molar-refractivity contribution is 7.86. The Balaban J connectivity index is 1.51. The number of ether oxygens (including phenoxy) is 1. The average Bonchev–Trinajstić information content (AvgIpc) is 3.12. The van der Waals surface area contributed by atoms with Gasteiger partial charge in [-0.15, -0.1) is 0 Å². The highest BCUT2D eigenvalue weighted by Crippen LogP contribution is 2.52. The van der Waals surface area contributed by atoms with E-state index in [9.17, 15) is 4.57 Å². The van der Waals surface area contributed by atoms with Crippen LogP contribution in [0.4, 0.5) is 0 Å². The second-order valence-corrected chi connectivity index (χ2v) is 12.0. The lowest BCUT2D eigenvalue weighted by Crippen LogP contribution is -2.23. The minimum absolute atomic E-state index is 0.545. The quantitative estimate of drug-likeness (QED) is 0.267. The van der Waals surface area contributed by atoms with E-state index in [4.69, 9.17) is 4.74 Å². The molecule has 1 aliphatic heterocycles. The van der Waals surface area contributed by atoms with Gasteiger partial charge in [0.2, 0.25) is 5.88 Å². The molecular weight excluding hydrogens is 463 g/mol. The molecule has 2 aromatic heterocycles. The van der Waals surface area contributed by atoms with Crippen LogP contribution < -0.4 is 20.8 Å². The summed E-state index contributed by atoms with van der Waals surface area (Å²) < 4.78 is 21.0. The molecule has 3 heterocycles. The summed E-state index contributed by atoms with van der Waals surface area (Å²) in [4.78, 5) is 8.88. The number of rotatable bonds is 4. The number of fused-ring (bicyclic) bond motifs is 3. The van der Waals surface area contributed by atoms with Gasteiger partial charge in [0.15, 0.2) is 7.14 Å². The topological polar surface area (TPSA) is 52.1 Å². The molecule has 176 valence electrons. The fourth-order valence-electron chi connectivity index (χ4n) is 4.91. The maximum Gasteiger partial charge on any atom is 0.219 e. The van der Waals surface area contributed by atoms with Crippen LogP contribution in [0.3, 0.4) is 0 Å². The summed E-state index contributed by atoms with van der Waals surface area (Å²) in [7, 11) is -3.13. The summed E-state index contributed by atoms with van der Waals surface area (Å²) in [5.74, 6) is 1.26. The first kappa shape index (κ1) is 22.5. The van der Waals surface area contributed by atoms with E-state index in [2.05, 4.69) is 47.2 Å². The summed E-state index contributed by atoms with van der Waals surface area (Å²) in [5.41, 5.74) is 7.93. The Hall–Kier alpha value is -4.01. The molecule has 1 aliphatic rings. The first-order chi connectivity index (χ1) is 17.4. The van der Waals surface area contributed by atoms with Crippen molar-refractivity contribution in [1.82, 2.24) is 9.97 Å². The third-order valence-corrected chi connectivity index (χ3v) is 9.59. The van der Waals surface area contributed by atoms with Gasteiger partial charge in [-0.2, -0.15) is 0 Å². The van der Waals surface area contributed by atoms with Crippen molar-refractivity contribution in [1.29, 1.82) is 0 Å². The van der Waals surface area contributed by atoms with Gasteiger partial charge in [0.1, 0.15) is 11.2 Å². The Labute approximate surface area is 211 Å². The SMILES string of the molecule is Cc1cc(Oc2ccccn2)cc(-c2ccc3c(c2)P(=O)(c2cc(C)ccn2)c2ccc(C)cc2-3)c1. The van der Waals surface area contributed by atoms with Crippen LogP contribution in [-0.2, 0) is 4.57 Å². The molecule has 1 unspecified atom stereocenters. The first-order valence-electron chi connectivity index (χ1n) is 11.9. The zero-order valence-electron chi connectivity index (χ0n) is 20.4. The van der Waals surface area contributed by atoms with Gasteiger partial charge in [0.25, 0.3) is 0 Å². The van der Waals surface area contributed by atoms with Gasteiger partial charge in [0.05, 0.1) is 0 Å². The maximum atomic E-state index is 15.0. The van der Waals surface area contributed by atoms with E-state index in [1.165, 1.54) is 0 Å². The van der Waals surface area contributed by atoms with Crippen LogP contribution in [0.1, 0.15) is 16.7 Å². The van der Waals surface area contributed by atoms with Gasteiger partial charge in [0, 0.05) is 29.1 Å². The van der Waals surface area contributed by atoms with E-state index in [0.29, 0.717) is 17.1 Å². The fourth-order valence-corrected chi connectivity index (χ4v) is 7.94. The molecule has 36 heavy (non-hydrogen) atoms. The zero-order chi connectivity index (χ0) is 24.9. The van der Waals surface area contributed by atoms with Gasteiger partial charge in [-0.1, -0.05) is 42.0 Å². The Morgan fingerprint density at radius 3 is 2.31 bits per heavy atom. The monoisotopic (exact) mass is 488 g/mol. The van der Waals surface area contributed by atoms with Crippen LogP contribution >= 0.6 is 7.14 Å². The van der Waals surface area contributed by atoms with Gasteiger partial charge < -0.3 is 9.30 Å². The molecule has 5 aromatic rings. The summed E-state index contributed by atoms with van der Waals surface area (Å²) >= 11 is 0. The Bertz CT molecular complexity index is 1680. The molecule has 1 atom stereocenters. The Kier molecular flexibility index (Phi) is 5.35. The number of aryl methyl sites for hydroxylation is 3. The van der Waals surface area contributed by atoms with Crippen molar-refractivity contribution < 1.29 is 9.30 Å². The van der Waals surface area contributed by atoms with Crippen LogP contribution in [0, 0.1) is 20.8 Å². The van der Waals surface area contributed by atoms with E-state index in [-0.39, 0.29) is 0 Å². The molecule has 0 saturated carbocycles. The van der Waals surface area contributed by atoms with Crippen molar-refractivity contribution in [3.8, 4) is 33.9 Å². The molecule has 0 saturated heterocycles. The number of benzene rings is 3.